The number of piperidine rings is 1. The summed E-state index contributed by atoms with van der Waals surface area (Å²) in [6.45, 7) is 3.89. The highest BCUT2D eigenvalue weighted by Crippen LogP contribution is 2.36. The van der Waals surface area contributed by atoms with Crippen LogP contribution in [-0.4, -0.2) is 50.2 Å². The molecule has 0 radical (unpaired) electrons. The van der Waals surface area contributed by atoms with Gasteiger partial charge in [0, 0.05) is 38.2 Å². The standard InChI is InChI=1S/C22H25ClN4O4/c23-17-4-3-5-18(21(17)26-12-14-31-15-13-26)24-22(28)16-8-10-25(11-9-16)19-6-1-2-7-20(19)27(29)30/h1-7,16H,8-15H2,(H,24,28). The molecule has 0 unspecified atom stereocenters. The number of nitrogens with one attached hydrogen (secondary N) is 1. The number of halogens is 1. The summed E-state index contributed by atoms with van der Waals surface area (Å²) in [6, 6.07) is 12.3. The summed E-state index contributed by atoms with van der Waals surface area (Å²) in [5, 5.41) is 15.0. The second-order valence-corrected chi connectivity index (χ2v) is 8.14. The van der Waals surface area contributed by atoms with Crippen LogP contribution in [0.1, 0.15) is 12.8 Å². The number of rotatable bonds is 5. The number of morpholine rings is 1. The van der Waals surface area contributed by atoms with Gasteiger partial charge < -0.3 is 19.9 Å². The van der Waals surface area contributed by atoms with Crippen molar-refractivity contribution in [1.82, 2.24) is 0 Å². The zero-order valence-electron chi connectivity index (χ0n) is 17.1. The van der Waals surface area contributed by atoms with Gasteiger partial charge in [-0.15, -0.1) is 0 Å². The van der Waals surface area contributed by atoms with Crippen molar-refractivity contribution in [1.29, 1.82) is 0 Å². The number of benzene rings is 2. The van der Waals surface area contributed by atoms with Gasteiger partial charge >= 0.3 is 0 Å². The van der Waals surface area contributed by atoms with Gasteiger partial charge in [0.05, 0.1) is 34.5 Å². The van der Waals surface area contributed by atoms with E-state index in [0.717, 1.165) is 18.8 Å². The Hall–Kier alpha value is -2.84. The quantitative estimate of drug-likeness (QED) is 0.555. The van der Waals surface area contributed by atoms with Crippen LogP contribution in [0.25, 0.3) is 0 Å². The molecule has 0 spiro atoms. The highest BCUT2D eigenvalue weighted by atomic mass is 35.5. The molecule has 2 fully saturated rings. The van der Waals surface area contributed by atoms with Crippen LogP contribution in [0.5, 0.6) is 0 Å². The lowest BCUT2D eigenvalue weighted by Crippen LogP contribution is -2.39. The van der Waals surface area contributed by atoms with E-state index in [9.17, 15) is 14.9 Å². The van der Waals surface area contributed by atoms with Crippen LogP contribution < -0.4 is 15.1 Å². The van der Waals surface area contributed by atoms with Gasteiger partial charge in [0.1, 0.15) is 5.69 Å². The van der Waals surface area contributed by atoms with Crippen molar-refractivity contribution in [3.63, 3.8) is 0 Å². The molecular formula is C22H25ClN4O4. The van der Waals surface area contributed by atoms with Crippen molar-refractivity contribution in [2.75, 3.05) is 54.5 Å². The van der Waals surface area contributed by atoms with E-state index in [1.54, 1.807) is 18.2 Å². The lowest BCUT2D eigenvalue weighted by molar-refractivity contribution is -0.384. The average Bonchev–Trinajstić information content (AvgIpc) is 2.80. The second-order valence-electron chi connectivity index (χ2n) is 7.73. The van der Waals surface area contributed by atoms with Gasteiger partial charge in [0.25, 0.3) is 5.69 Å². The maximum Gasteiger partial charge on any atom is 0.292 e. The van der Waals surface area contributed by atoms with E-state index in [2.05, 4.69) is 10.2 Å². The third kappa shape index (κ3) is 4.75. The summed E-state index contributed by atoms with van der Waals surface area (Å²) in [4.78, 5) is 28.1. The molecule has 2 aliphatic heterocycles. The molecule has 1 amide bonds. The van der Waals surface area contributed by atoms with Crippen LogP contribution in [0.3, 0.4) is 0 Å². The minimum Gasteiger partial charge on any atom is -0.378 e. The van der Waals surface area contributed by atoms with E-state index in [1.165, 1.54) is 6.07 Å². The van der Waals surface area contributed by atoms with Gasteiger partial charge in [0.2, 0.25) is 5.91 Å². The van der Waals surface area contributed by atoms with Crippen molar-refractivity contribution in [2.45, 2.75) is 12.8 Å². The first-order chi connectivity index (χ1) is 15.0. The number of hydrogen-bond acceptors (Lipinski definition) is 6. The topological polar surface area (TPSA) is 88.0 Å². The van der Waals surface area contributed by atoms with Gasteiger partial charge in [0.15, 0.2) is 0 Å². The third-order valence-corrected chi connectivity index (χ3v) is 6.16. The summed E-state index contributed by atoms with van der Waals surface area (Å²) in [7, 11) is 0. The summed E-state index contributed by atoms with van der Waals surface area (Å²) in [5.74, 6) is -0.200. The lowest BCUT2D eigenvalue weighted by Gasteiger charge is -2.34. The molecule has 31 heavy (non-hydrogen) atoms. The van der Waals surface area contributed by atoms with Crippen LogP contribution in [0.15, 0.2) is 42.5 Å². The van der Waals surface area contributed by atoms with Crippen LogP contribution in [0.2, 0.25) is 5.02 Å². The monoisotopic (exact) mass is 444 g/mol. The summed E-state index contributed by atoms with van der Waals surface area (Å²) >= 11 is 6.46. The maximum atomic E-state index is 13.0. The first-order valence-electron chi connectivity index (χ1n) is 10.4. The molecule has 0 bridgehead atoms. The van der Waals surface area contributed by atoms with E-state index in [1.807, 2.05) is 23.1 Å². The largest absolute Gasteiger partial charge is 0.378 e. The summed E-state index contributed by atoms with van der Waals surface area (Å²) in [6.07, 6.45) is 1.26. The second kappa shape index (κ2) is 9.53. The summed E-state index contributed by atoms with van der Waals surface area (Å²) in [5.41, 5.74) is 2.24. The number of anilines is 3. The maximum absolute atomic E-state index is 13.0. The average molecular weight is 445 g/mol. The predicted molar refractivity (Wildman–Crippen MR) is 121 cm³/mol. The van der Waals surface area contributed by atoms with E-state index in [4.69, 9.17) is 16.3 Å². The Morgan fingerprint density at radius 3 is 2.45 bits per heavy atom. The molecule has 0 aliphatic carbocycles. The number of carbonyl (C=O) groups excluding carboxylic acids is 1. The Labute approximate surface area is 185 Å². The van der Waals surface area contributed by atoms with Gasteiger partial charge in [-0.1, -0.05) is 29.8 Å². The fourth-order valence-corrected chi connectivity index (χ4v) is 4.52. The minimum atomic E-state index is -0.361. The third-order valence-electron chi connectivity index (χ3n) is 5.86. The van der Waals surface area contributed by atoms with Crippen molar-refractivity contribution >= 4 is 40.3 Å². The molecule has 0 atom stereocenters. The number of carbonyl (C=O) groups is 1. The van der Waals surface area contributed by atoms with Crippen LogP contribution >= 0.6 is 11.6 Å². The molecule has 2 saturated heterocycles. The fourth-order valence-electron chi connectivity index (χ4n) is 4.23. The Bertz CT molecular complexity index is 956. The number of hydrogen-bond donors (Lipinski definition) is 1. The number of para-hydroxylation sites is 3. The SMILES string of the molecule is O=C(Nc1cccc(Cl)c1N1CCOCC1)C1CCN(c2ccccc2[N+](=O)[O-])CC1. The molecule has 2 heterocycles. The van der Waals surface area contributed by atoms with Crippen molar-refractivity contribution in [3.05, 3.63) is 57.6 Å². The van der Waals surface area contributed by atoms with Crippen molar-refractivity contribution < 1.29 is 14.5 Å². The molecule has 2 aliphatic rings. The molecule has 0 saturated carbocycles. The molecule has 1 N–H and O–H groups in total. The Balaban J connectivity index is 1.43. The van der Waals surface area contributed by atoms with Gasteiger partial charge in [-0.05, 0) is 31.0 Å². The highest BCUT2D eigenvalue weighted by molar-refractivity contribution is 6.34. The number of ether oxygens (including phenoxy) is 1. The van der Waals surface area contributed by atoms with E-state index < -0.39 is 0 Å². The van der Waals surface area contributed by atoms with Crippen LogP contribution in [0, 0.1) is 16.0 Å². The van der Waals surface area contributed by atoms with Crippen LogP contribution in [-0.2, 0) is 9.53 Å². The Morgan fingerprint density at radius 1 is 1.03 bits per heavy atom. The Kier molecular flexibility index (Phi) is 6.58. The zero-order chi connectivity index (χ0) is 21.8. The Morgan fingerprint density at radius 2 is 1.74 bits per heavy atom. The number of nitrogens with zero attached hydrogens (tertiary/aromatic N) is 3. The summed E-state index contributed by atoms with van der Waals surface area (Å²) < 4.78 is 5.43. The van der Waals surface area contributed by atoms with Crippen molar-refractivity contribution in [2.24, 2.45) is 5.92 Å². The van der Waals surface area contributed by atoms with Gasteiger partial charge in [-0.2, -0.15) is 0 Å². The lowest BCUT2D eigenvalue weighted by atomic mass is 9.95. The first kappa shape index (κ1) is 21.4. The molecule has 9 heteroatoms. The molecular weight excluding hydrogens is 420 g/mol. The predicted octanol–water partition coefficient (Wildman–Crippen LogP) is 3.94. The highest BCUT2D eigenvalue weighted by Gasteiger charge is 2.29. The molecule has 0 aromatic heterocycles. The number of amides is 1. The zero-order valence-corrected chi connectivity index (χ0v) is 17.9. The van der Waals surface area contributed by atoms with Crippen LogP contribution in [0.4, 0.5) is 22.7 Å². The smallest absolute Gasteiger partial charge is 0.292 e. The number of nitro groups is 1. The van der Waals surface area contributed by atoms with E-state index in [-0.39, 0.29) is 22.4 Å². The molecule has 164 valence electrons. The van der Waals surface area contributed by atoms with Gasteiger partial charge in [-0.3, -0.25) is 14.9 Å². The number of nitro benzene ring substituents is 1. The molecule has 8 nitrogen and oxygen atoms in total. The first-order valence-corrected chi connectivity index (χ1v) is 10.8. The van der Waals surface area contributed by atoms with E-state index in [0.29, 0.717) is 55.5 Å². The molecule has 2 aromatic rings. The molecule has 2 aromatic carbocycles. The fraction of sp³-hybridized carbons (Fsp3) is 0.409. The van der Waals surface area contributed by atoms with Crippen molar-refractivity contribution in [3.8, 4) is 0 Å². The normalized spacial score (nSPS) is 17.5. The minimum absolute atomic E-state index is 0.0426. The van der Waals surface area contributed by atoms with Gasteiger partial charge in [-0.25, -0.2) is 0 Å². The van der Waals surface area contributed by atoms with E-state index >= 15 is 0 Å². The molecule has 4 rings (SSSR count).